The fourth-order valence-corrected chi connectivity index (χ4v) is 4.19. The number of nitrogens with one attached hydrogen (secondary N) is 3. The van der Waals surface area contributed by atoms with E-state index in [0.717, 1.165) is 18.2 Å². The van der Waals surface area contributed by atoms with Crippen LogP contribution in [0.2, 0.25) is 0 Å². The highest BCUT2D eigenvalue weighted by Crippen LogP contribution is 2.35. The zero-order chi connectivity index (χ0) is 26.7. The molecule has 0 atom stereocenters. The number of halogens is 6. The SMILES string of the molecule is NC(=O)c1c(Nc2ccc(I)cc2F)cc(F)cc1Oc1cccc(NS(=O)(=O)NCC(F)(F)F)c1. The van der Waals surface area contributed by atoms with Crippen LogP contribution in [0.3, 0.4) is 0 Å². The van der Waals surface area contributed by atoms with Crippen LogP contribution in [0.4, 0.5) is 39.0 Å². The Balaban J connectivity index is 1.90. The van der Waals surface area contributed by atoms with Crippen molar-refractivity contribution in [1.82, 2.24) is 4.72 Å². The highest BCUT2D eigenvalue weighted by atomic mass is 127. The molecule has 0 unspecified atom stereocenters. The number of primary amides is 1. The highest BCUT2D eigenvalue weighted by molar-refractivity contribution is 14.1. The van der Waals surface area contributed by atoms with E-state index in [2.05, 4.69) is 5.32 Å². The zero-order valence-electron chi connectivity index (χ0n) is 17.8. The molecule has 3 rings (SSSR count). The highest BCUT2D eigenvalue weighted by Gasteiger charge is 2.29. The number of alkyl halides is 3. The van der Waals surface area contributed by atoms with Crippen LogP contribution in [-0.4, -0.2) is 27.0 Å². The molecule has 8 nitrogen and oxygen atoms in total. The summed E-state index contributed by atoms with van der Waals surface area (Å²) >= 11 is 1.89. The average Bonchev–Trinajstić information content (AvgIpc) is 2.73. The molecule has 0 saturated carbocycles. The lowest BCUT2D eigenvalue weighted by Gasteiger charge is -2.16. The van der Waals surface area contributed by atoms with E-state index in [1.165, 1.54) is 35.1 Å². The number of amides is 1. The first-order valence-electron chi connectivity index (χ1n) is 9.70. The van der Waals surface area contributed by atoms with Gasteiger partial charge in [-0.2, -0.15) is 26.3 Å². The Kier molecular flexibility index (Phi) is 8.25. The minimum Gasteiger partial charge on any atom is -0.456 e. The van der Waals surface area contributed by atoms with Crippen molar-refractivity contribution in [2.45, 2.75) is 6.18 Å². The van der Waals surface area contributed by atoms with Crippen molar-refractivity contribution in [3.63, 3.8) is 0 Å². The number of hydrogen-bond donors (Lipinski definition) is 4. The van der Waals surface area contributed by atoms with E-state index in [1.807, 2.05) is 27.3 Å². The van der Waals surface area contributed by atoms with Gasteiger partial charge in [0, 0.05) is 15.7 Å². The first kappa shape index (κ1) is 27.4. The number of anilines is 3. The molecule has 1 amide bonds. The van der Waals surface area contributed by atoms with Crippen molar-refractivity contribution in [1.29, 1.82) is 0 Å². The maximum atomic E-state index is 14.4. The molecule has 0 bridgehead atoms. The summed E-state index contributed by atoms with van der Waals surface area (Å²) in [6.45, 7) is -1.79. The van der Waals surface area contributed by atoms with Gasteiger partial charge in [0.2, 0.25) is 0 Å². The first-order valence-corrected chi connectivity index (χ1v) is 12.3. The van der Waals surface area contributed by atoms with Gasteiger partial charge in [0.25, 0.3) is 16.1 Å². The van der Waals surface area contributed by atoms with Gasteiger partial charge in [-0.3, -0.25) is 9.52 Å². The molecule has 36 heavy (non-hydrogen) atoms. The number of carbonyl (C=O) groups excluding carboxylic acids is 1. The number of nitrogens with two attached hydrogens (primary N) is 1. The van der Waals surface area contributed by atoms with Crippen LogP contribution in [0.15, 0.2) is 54.6 Å². The fraction of sp³-hybridized carbons (Fsp3) is 0.0952. The minimum atomic E-state index is -4.77. The predicted molar refractivity (Wildman–Crippen MR) is 130 cm³/mol. The van der Waals surface area contributed by atoms with E-state index >= 15 is 0 Å². The molecule has 3 aromatic rings. The van der Waals surface area contributed by atoms with Crippen molar-refractivity contribution in [3.05, 3.63) is 75.4 Å². The summed E-state index contributed by atoms with van der Waals surface area (Å²) in [6, 6.07) is 10.8. The third kappa shape index (κ3) is 7.66. The Bertz CT molecular complexity index is 1400. The second-order valence-corrected chi connectivity index (χ2v) is 9.86. The normalized spacial score (nSPS) is 11.7. The average molecular weight is 642 g/mol. The topological polar surface area (TPSA) is 123 Å². The van der Waals surface area contributed by atoms with Crippen LogP contribution in [0.5, 0.6) is 11.5 Å². The number of ether oxygens (including phenoxy) is 1. The van der Waals surface area contributed by atoms with Crippen LogP contribution in [-0.2, 0) is 10.2 Å². The van der Waals surface area contributed by atoms with Crippen LogP contribution < -0.4 is 25.2 Å². The van der Waals surface area contributed by atoms with Crippen molar-refractivity contribution >= 4 is 55.8 Å². The summed E-state index contributed by atoms with van der Waals surface area (Å²) in [7, 11) is -4.59. The summed E-state index contributed by atoms with van der Waals surface area (Å²) in [4.78, 5) is 12.2. The third-order valence-electron chi connectivity index (χ3n) is 4.29. The van der Waals surface area contributed by atoms with Gasteiger partial charge < -0.3 is 15.8 Å². The summed E-state index contributed by atoms with van der Waals surface area (Å²) in [6.07, 6.45) is -4.77. The van der Waals surface area contributed by atoms with Crippen molar-refractivity contribution in [2.24, 2.45) is 5.73 Å². The second-order valence-electron chi connectivity index (χ2n) is 7.11. The van der Waals surface area contributed by atoms with Gasteiger partial charge in [-0.05, 0) is 59.0 Å². The van der Waals surface area contributed by atoms with Crippen LogP contribution >= 0.6 is 22.6 Å². The molecule has 15 heteroatoms. The minimum absolute atomic E-state index is 0.0720. The standard InChI is InChI=1S/C21H16F5IN4O4S/c22-11-6-17(30-16-5-4-12(27)8-15(16)23)19(20(28)32)18(7-11)35-14-3-1-2-13(9-14)31-36(33,34)29-10-21(24,25)26/h1-9,29-31H,10H2,(H2,28,32). The maximum absolute atomic E-state index is 14.4. The Morgan fingerprint density at radius 3 is 2.39 bits per heavy atom. The summed E-state index contributed by atoms with van der Waals surface area (Å²) in [5.41, 5.74) is 4.64. The molecule has 5 N–H and O–H groups in total. The Hall–Kier alpha value is -3.18. The fourth-order valence-electron chi connectivity index (χ4n) is 2.87. The molecule has 0 heterocycles. The summed E-state index contributed by atoms with van der Waals surface area (Å²) in [5, 5.41) is 2.59. The molecular weight excluding hydrogens is 626 g/mol. The number of hydrogen-bond acceptors (Lipinski definition) is 5. The molecule has 3 aromatic carbocycles. The number of rotatable bonds is 9. The van der Waals surface area contributed by atoms with E-state index in [9.17, 15) is 35.2 Å². The molecular formula is C21H16F5IN4O4S. The van der Waals surface area contributed by atoms with Crippen molar-refractivity contribution in [3.8, 4) is 11.5 Å². The lowest BCUT2D eigenvalue weighted by molar-refractivity contribution is -0.121. The molecule has 0 aliphatic rings. The van der Waals surface area contributed by atoms with Gasteiger partial charge in [-0.25, -0.2) is 8.78 Å². The van der Waals surface area contributed by atoms with Gasteiger partial charge in [0.1, 0.15) is 35.2 Å². The van der Waals surface area contributed by atoms with E-state index < -0.39 is 40.5 Å². The Morgan fingerprint density at radius 2 is 1.75 bits per heavy atom. The van der Waals surface area contributed by atoms with Crippen LogP contribution in [0, 0.1) is 15.2 Å². The van der Waals surface area contributed by atoms with Gasteiger partial charge in [0.05, 0.1) is 17.1 Å². The lowest BCUT2D eigenvalue weighted by Crippen LogP contribution is -2.37. The maximum Gasteiger partial charge on any atom is 0.402 e. The molecule has 192 valence electrons. The molecule has 0 fully saturated rings. The summed E-state index contributed by atoms with van der Waals surface area (Å²) < 4.78 is 98.6. The Morgan fingerprint density at radius 1 is 1.03 bits per heavy atom. The molecule has 0 spiro atoms. The largest absolute Gasteiger partial charge is 0.456 e. The van der Waals surface area contributed by atoms with Gasteiger partial charge in [-0.15, -0.1) is 0 Å². The van der Waals surface area contributed by atoms with E-state index in [4.69, 9.17) is 10.5 Å². The Labute approximate surface area is 215 Å². The van der Waals surface area contributed by atoms with E-state index in [0.29, 0.717) is 3.57 Å². The van der Waals surface area contributed by atoms with Crippen LogP contribution in [0.1, 0.15) is 10.4 Å². The monoisotopic (exact) mass is 642 g/mol. The molecule has 0 radical (unpaired) electrons. The lowest BCUT2D eigenvalue weighted by atomic mass is 10.1. The van der Waals surface area contributed by atoms with E-state index in [1.54, 1.807) is 6.07 Å². The van der Waals surface area contributed by atoms with Crippen molar-refractivity contribution < 1.29 is 39.9 Å². The van der Waals surface area contributed by atoms with Gasteiger partial charge in [0.15, 0.2) is 0 Å². The van der Waals surface area contributed by atoms with E-state index in [-0.39, 0.29) is 34.1 Å². The number of carbonyl (C=O) groups is 1. The smallest absolute Gasteiger partial charge is 0.402 e. The summed E-state index contributed by atoms with van der Waals surface area (Å²) in [5.74, 6) is -3.11. The third-order valence-corrected chi connectivity index (χ3v) is 5.99. The molecule has 0 saturated heterocycles. The van der Waals surface area contributed by atoms with Gasteiger partial charge in [-0.1, -0.05) is 6.07 Å². The first-order chi connectivity index (χ1) is 16.7. The van der Waals surface area contributed by atoms with Crippen LogP contribution in [0.25, 0.3) is 0 Å². The predicted octanol–water partition coefficient (Wildman–Crippen LogP) is 5.01. The second kappa shape index (κ2) is 10.8. The quantitative estimate of drug-likeness (QED) is 0.193. The van der Waals surface area contributed by atoms with Crippen molar-refractivity contribution in [2.75, 3.05) is 16.6 Å². The molecule has 0 aliphatic heterocycles. The zero-order valence-corrected chi connectivity index (χ0v) is 20.8. The van der Waals surface area contributed by atoms with Gasteiger partial charge >= 0.3 is 6.18 Å². The molecule has 0 aliphatic carbocycles. The number of benzene rings is 3. The molecule has 0 aromatic heterocycles.